The van der Waals surface area contributed by atoms with Crippen molar-refractivity contribution in [2.45, 2.75) is 13.0 Å². The molecule has 0 aliphatic rings. The van der Waals surface area contributed by atoms with Gasteiger partial charge in [0.15, 0.2) is 11.5 Å². The van der Waals surface area contributed by atoms with Gasteiger partial charge in [-0.1, -0.05) is 6.07 Å². The van der Waals surface area contributed by atoms with E-state index in [1.165, 1.54) is 0 Å². The van der Waals surface area contributed by atoms with Crippen molar-refractivity contribution in [3.63, 3.8) is 0 Å². The molecule has 1 aromatic heterocycles. The van der Waals surface area contributed by atoms with Crippen molar-refractivity contribution in [3.05, 3.63) is 47.4 Å². The monoisotopic (exact) mass is 261 g/mol. The molecule has 0 bridgehead atoms. The first-order chi connectivity index (χ1) is 9.21. The number of hydrogen-bond donors (Lipinski definition) is 1. The van der Waals surface area contributed by atoms with Crippen LogP contribution in [0.5, 0.6) is 11.5 Å². The van der Waals surface area contributed by atoms with Crippen LogP contribution in [0.15, 0.2) is 34.9 Å². The van der Waals surface area contributed by atoms with Crippen LogP contribution in [0, 0.1) is 6.92 Å². The lowest BCUT2D eigenvalue weighted by atomic mass is 9.99. The van der Waals surface area contributed by atoms with Crippen LogP contribution >= 0.6 is 0 Å². The third-order valence-corrected chi connectivity index (χ3v) is 3.24. The fourth-order valence-electron chi connectivity index (χ4n) is 2.23. The fourth-order valence-corrected chi connectivity index (χ4v) is 2.23. The molecule has 0 saturated heterocycles. The van der Waals surface area contributed by atoms with Gasteiger partial charge in [0.05, 0.1) is 26.5 Å². The molecule has 0 radical (unpaired) electrons. The van der Waals surface area contributed by atoms with Crippen LogP contribution in [-0.4, -0.2) is 21.3 Å². The lowest BCUT2D eigenvalue weighted by molar-refractivity contribution is 0.354. The van der Waals surface area contributed by atoms with Crippen molar-refractivity contribution in [2.24, 2.45) is 0 Å². The van der Waals surface area contributed by atoms with Crippen molar-refractivity contribution in [2.75, 3.05) is 21.3 Å². The number of ether oxygens (including phenoxy) is 2. The van der Waals surface area contributed by atoms with Crippen LogP contribution in [0.4, 0.5) is 0 Å². The van der Waals surface area contributed by atoms with E-state index in [0.717, 1.165) is 28.4 Å². The topological polar surface area (TPSA) is 43.6 Å². The molecule has 1 atom stereocenters. The summed E-state index contributed by atoms with van der Waals surface area (Å²) >= 11 is 0. The van der Waals surface area contributed by atoms with Gasteiger partial charge in [-0.3, -0.25) is 0 Å². The minimum atomic E-state index is 0.0681. The van der Waals surface area contributed by atoms with Gasteiger partial charge in [0.25, 0.3) is 0 Å². The Balaban J connectivity index is 2.42. The Bertz CT molecular complexity index is 548. The highest BCUT2D eigenvalue weighted by atomic mass is 16.5. The molecule has 0 aliphatic carbocycles. The largest absolute Gasteiger partial charge is 0.493 e. The van der Waals surface area contributed by atoms with E-state index in [1.807, 2.05) is 38.2 Å². The molecule has 1 heterocycles. The number of benzene rings is 1. The van der Waals surface area contributed by atoms with Crippen LogP contribution in [0.3, 0.4) is 0 Å². The Morgan fingerprint density at radius 2 is 1.84 bits per heavy atom. The molecule has 2 rings (SSSR count). The Labute approximate surface area is 113 Å². The summed E-state index contributed by atoms with van der Waals surface area (Å²) < 4.78 is 16.0. The molecule has 0 amide bonds. The third kappa shape index (κ3) is 2.58. The predicted octanol–water partition coefficient (Wildman–Crippen LogP) is 2.91. The lowest BCUT2D eigenvalue weighted by Crippen LogP contribution is -2.18. The van der Waals surface area contributed by atoms with Gasteiger partial charge in [-0.2, -0.15) is 0 Å². The number of furan rings is 1. The average Bonchev–Trinajstić information content (AvgIpc) is 2.86. The number of aryl methyl sites for hydroxylation is 1. The zero-order chi connectivity index (χ0) is 13.8. The number of hydrogen-bond acceptors (Lipinski definition) is 4. The molecule has 19 heavy (non-hydrogen) atoms. The van der Waals surface area contributed by atoms with Crippen molar-refractivity contribution in [3.8, 4) is 11.5 Å². The molecule has 1 unspecified atom stereocenters. The van der Waals surface area contributed by atoms with E-state index >= 15 is 0 Å². The van der Waals surface area contributed by atoms with E-state index in [9.17, 15) is 0 Å². The predicted molar refractivity (Wildman–Crippen MR) is 73.9 cm³/mol. The third-order valence-electron chi connectivity index (χ3n) is 3.24. The van der Waals surface area contributed by atoms with E-state index in [1.54, 1.807) is 20.5 Å². The highest BCUT2D eigenvalue weighted by Crippen LogP contribution is 2.33. The second-order valence-electron chi connectivity index (χ2n) is 4.27. The highest BCUT2D eigenvalue weighted by molar-refractivity contribution is 5.46. The SMILES string of the molecule is CNC(c1ccc(OC)c(OC)c1)c1ccoc1C. The zero-order valence-electron chi connectivity index (χ0n) is 11.7. The second-order valence-corrected chi connectivity index (χ2v) is 4.27. The van der Waals surface area contributed by atoms with E-state index in [4.69, 9.17) is 13.9 Å². The summed E-state index contributed by atoms with van der Waals surface area (Å²) in [5, 5.41) is 3.29. The molecule has 102 valence electrons. The Kier molecular flexibility index (Phi) is 4.12. The molecular weight excluding hydrogens is 242 g/mol. The standard InChI is InChI=1S/C15H19NO3/c1-10-12(7-8-19-10)15(16-2)11-5-6-13(17-3)14(9-11)18-4/h5-9,15-16H,1-4H3. The van der Waals surface area contributed by atoms with E-state index in [2.05, 4.69) is 5.32 Å². The van der Waals surface area contributed by atoms with Crippen LogP contribution in [0.2, 0.25) is 0 Å². The van der Waals surface area contributed by atoms with E-state index in [0.29, 0.717) is 0 Å². The fraction of sp³-hybridized carbons (Fsp3) is 0.333. The van der Waals surface area contributed by atoms with Gasteiger partial charge in [0.2, 0.25) is 0 Å². The molecule has 2 aromatic rings. The summed E-state index contributed by atoms with van der Waals surface area (Å²) in [6.45, 7) is 1.96. The van der Waals surface area contributed by atoms with Gasteiger partial charge < -0.3 is 19.2 Å². The normalized spacial score (nSPS) is 12.2. The highest BCUT2D eigenvalue weighted by Gasteiger charge is 2.18. The Morgan fingerprint density at radius 3 is 2.37 bits per heavy atom. The average molecular weight is 261 g/mol. The Morgan fingerprint density at radius 1 is 1.11 bits per heavy atom. The zero-order valence-corrected chi connectivity index (χ0v) is 11.7. The van der Waals surface area contributed by atoms with Gasteiger partial charge in [0, 0.05) is 5.56 Å². The minimum absolute atomic E-state index is 0.0681. The lowest BCUT2D eigenvalue weighted by Gasteiger charge is -2.18. The first-order valence-electron chi connectivity index (χ1n) is 6.14. The van der Waals surface area contributed by atoms with Crippen LogP contribution in [0.25, 0.3) is 0 Å². The van der Waals surface area contributed by atoms with Crippen molar-refractivity contribution in [1.82, 2.24) is 5.32 Å². The summed E-state index contributed by atoms with van der Waals surface area (Å²) in [4.78, 5) is 0. The molecule has 0 aliphatic heterocycles. The molecule has 4 heteroatoms. The maximum atomic E-state index is 5.37. The molecular formula is C15H19NO3. The molecule has 0 fully saturated rings. The molecule has 1 aromatic carbocycles. The number of rotatable bonds is 5. The van der Waals surface area contributed by atoms with Gasteiger partial charge in [-0.05, 0) is 37.7 Å². The van der Waals surface area contributed by atoms with Gasteiger partial charge in [-0.25, -0.2) is 0 Å². The summed E-state index contributed by atoms with van der Waals surface area (Å²) in [5.41, 5.74) is 2.22. The van der Waals surface area contributed by atoms with Crippen molar-refractivity contribution in [1.29, 1.82) is 0 Å². The molecule has 0 spiro atoms. The molecule has 1 N–H and O–H groups in total. The summed E-state index contributed by atoms with van der Waals surface area (Å²) in [6.07, 6.45) is 1.70. The van der Waals surface area contributed by atoms with Gasteiger partial charge in [-0.15, -0.1) is 0 Å². The first kappa shape index (κ1) is 13.5. The van der Waals surface area contributed by atoms with Crippen LogP contribution in [0.1, 0.15) is 22.9 Å². The minimum Gasteiger partial charge on any atom is -0.493 e. The first-order valence-corrected chi connectivity index (χ1v) is 6.14. The van der Waals surface area contributed by atoms with Gasteiger partial charge in [0.1, 0.15) is 5.76 Å². The number of methoxy groups -OCH3 is 2. The van der Waals surface area contributed by atoms with Crippen molar-refractivity contribution < 1.29 is 13.9 Å². The summed E-state index contributed by atoms with van der Waals surface area (Å²) in [7, 11) is 5.19. The maximum Gasteiger partial charge on any atom is 0.161 e. The maximum absolute atomic E-state index is 5.37. The number of nitrogens with one attached hydrogen (secondary N) is 1. The van der Waals surface area contributed by atoms with Crippen LogP contribution in [-0.2, 0) is 0 Å². The summed E-state index contributed by atoms with van der Waals surface area (Å²) in [6, 6.07) is 7.96. The Hall–Kier alpha value is -1.94. The van der Waals surface area contributed by atoms with Crippen LogP contribution < -0.4 is 14.8 Å². The summed E-state index contributed by atoms with van der Waals surface area (Å²) in [5.74, 6) is 2.36. The smallest absolute Gasteiger partial charge is 0.161 e. The van der Waals surface area contributed by atoms with Crippen molar-refractivity contribution >= 4 is 0 Å². The molecule has 0 saturated carbocycles. The second kappa shape index (κ2) is 5.80. The van der Waals surface area contributed by atoms with E-state index < -0.39 is 0 Å². The molecule has 4 nitrogen and oxygen atoms in total. The van der Waals surface area contributed by atoms with Gasteiger partial charge >= 0.3 is 0 Å². The van der Waals surface area contributed by atoms with E-state index in [-0.39, 0.29) is 6.04 Å². The quantitative estimate of drug-likeness (QED) is 0.898.